The maximum absolute atomic E-state index is 12.5. The fourth-order valence-electron chi connectivity index (χ4n) is 3.34. The van der Waals surface area contributed by atoms with Gasteiger partial charge in [-0.15, -0.1) is 0 Å². The van der Waals surface area contributed by atoms with Crippen molar-refractivity contribution in [3.8, 4) is 0 Å². The summed E-state index contributed by atoms with van der Waals surface area (Å²) in [5.74, 6) is -0.353. The zero-order chi connectivity index (χ0) is 18.0. The van der Waals surface area contributed by atoms with E-state index < -0.39 is 5.97 Å². The third-order valence-corrected chi connectivity index (χ3v) is 4.94. The highest BCUT2D eigenvalue weighted by Gasteiger charge is 2.25. The lowest BCUT2D eigenvalue weighted by Gasteiger charge is -2.37. The average molecular weight is 343 g/mol. The normalized spacial score (nSPS) is 18.9. The van der Waals surface area contributed by atoms with E-state index in [0.29, 0.717) is 30.3 Å². The molecule has 0 amide bonds. The number of rotatable bonds is 4. The first-order valence-corrected chi connectivity index (χ1v) is 8.76. The lowest BCUT2D eigenvalue weighted by molar-refractivity contribution is -0.112. The van der Waals surface area contributed by atoms with Crippen molar-refractivity contribution in [2.45, 2.75) is 26.3 Å². The lowest BCUT2D eigenvalue weighted by Crippen LogP contribution is -2.50. The zero-order valence-corrected chi connectivity index (χ0v) is 15.1. The van der Waals surface area contributed by atoms with Crippen LogP contribution in [-0.2, 0) is 16.0 Å². The monoisotopic (exact) mass is 343 g/mol. The first kappa shape index (κ1) is 17.8. The minimum absolute atomic E-state index is 0.0424. The van der Waals surface area contributed by atoms with Crippen molar-refractivity contribution in [1.82, 2.24) is 9.80 Å². The van der Waals surface area contributed by atoms with E-state index in [9.17, 15) is 9.59 Å². The zero-order valence-electron chi connectivity index (χ0n) is 15.1. The van der Waals surface area contributed by atoms with Crippen molar-refractivity contribution < 1.29 is 14.3 Å². The molecule has 0 atom stereocenters. The first-order valence-electron chi connectivity index (χ1n) is 8.76. The molecular formula is C19H25N3O3. The maximum Gasteiger partial charge on any atom is 0.337 e. The van der Waals surface area contributed by atoms with Crippen LogP contribution in [-0.4, -0.2) is 73.1 Å². The van der Waals surface area contributed by atoms with E-state index in [1.165, 1.54) is 7.11 Å². The summed E-state index contributed by atoms with van der Waals surface area (Å²) >= 11 is 0. The molecule has 0 saturated carbocycles. The number of carbonyl (C=O) groups is 2. The number of fused-ring (bicyclic) bond motifs is 1. The Kier molecular flexibility index (Phi) is 5.30. The Balaban J connectivity index is 1.70. The van der Waals surface area contributed by atoms with Crippen LogP contribution < -0.4 is 0 Å². The number of hydrogen-bond donors (Lipinski definition) is 0. The minimum atomic E-state index is -0.395. The Hall–Kier alpha value is -2.05. The third-order valence-electron chi connectivity index (χ3n) is 4.94. The van der Waals surface area contributed by atoms with Gasteiger partial charge in [-0.3, -0.25) is 14.6 Å². The molecule has 0 N–H and O–H groups in total. The Morgan fingerprint density at radius 1 is 1.24 bits per heavy atom. The number of ether oxygens (including phenoxy) is 1. The Bertz CT molecular complexity index is 704. The van der Waals surface area contributed by atoms with Crippen LogP contribution in [0.2, 0.25) is 0 Å². The van der Waals surface area contributed by atoms with Gasteiger partial charge in [0.25, 0.3) is 0 Å². The van der Waals surface area contributed by atoms with Gasteiger partial charge in [0.05, 0.1) is 24.1 Å². The molecule has 0 radical (unpaired) electrons. The van der Waals surface area contributed by atoms with Crippen LogP contribution in [0.15, 0.2) is 23.2 Å². The molecule has 0 aliphatic carbocycles. The number of ketones is 1. The highest BCUT2D eigenvalue weighted by molar-refractivity contribution is 6.42. The van der Waals surface area contributed by atoms with Crippen molar-refractivity contribution in [3.63, 3.8) is 0 Å². The van der Waals surface area contributed by atoms with E-state index in [1.807, 2.05) is 0 Å². The molecule has 1 saturated heterocycles. The highest BCUT2D eigenvalue weighted by atomic mass is 16.5. The summed E-state index contributed by atoms with van der Waals surface area (Å²) in [6.45, 7) is 8.99. The van der Waals surface area contributed by atoms with Gasteiger partial charge in [0.15, 0.2) is 5.78 Å². The molecule has 2 heterocycles. The summed E-state index contributed by atoms with van der Waals surface area (Å²) in [4.78, 5) is 33.4. The van der Waals surface area contributed by atoms with Crippen LogP contribution >= 0.6 is 0 Å². The fraction of sp³-hybridized carbons (Fsp3) is 0.526. The van der Waals surface area contributed by atoms with Gasteiger partial charge in [-0.1, -0.05) is 0 Å². The van der Waals surface area contributed by atoms with E-state index in [-0.39, 0.29) is 5.78 Å². The number of piperazine rings is 1. The molecular weight excluding hydrogens is 318 g/mol. The van der Waals surface area contributed by atoms with Crippen molar-refractivity contribution >= 4 is 23.2 Å². The number of benzene rings is 1. The molecule has 6 nitrogen and oxygen atoms in total. The predicted octanol–water partition coefficient (Wildman–Crippen LogP) is 1.70. The van der Waals surface area contributed by atoms with E-state index in [4.69, 9.17) is 4.74 Å². The van der Waals surface area contributed by atoms with E-state index >= 15 is 0 Å². The second-order valence-electron chi connectivity index (χ2n) is 6.90. The van der Waals surface area contributed by atoms with Crippen LogP contribution in [0.4, 0.5) is 5.69 Å². The summed E-state index contributed by atoms with van der Waals surface area (Å²) < 4.78 is 4.73. The SMILES string of the molecule is COC(=O)c1ccc2c(c1)CC(=O)C(CN1CCN(C(C)C)CC1)=N2. The molecule has 2 aliphatic heterocycles. The third kappa shape index (κ3) is 3.96. The molecule has 0 bridgehead atoms. The van der Waals surface area contributed by atoms with Gasteiger partial charge >= 0.3 is 5.97 Å². The first-order chi connectivity index (χ1) is 12.0. The maximum atomic E-state index is 12.5. The summed E-state index contributed by atoms with van der Waals surface area (Å²) in [6.07, 6.45) is 0.297. The Morgan fingerprint density at radius 2 is 1.96 bits per heavy atom. The lowest BCUT2D eigenvalue weighted by atomic mass is 9.98. The van der Waals surface area contributed by atoms with Crippen LogP contribution in [0.25, 0.3) is 0 Å². The molecule has 0 unspecified atom stereocenters. The van der Waals surface area contributed by atoms with Gasteiger partial charge in [-0.2, -0.15) is 0 Å². The van der Waals surface area contributed by atoms with Gasteiger partial charge < -0.3 is 4.74 Å². The molecule has 3 rings (SSSR count). The summed E-state index contributed by atoms with van der Waals surface area (Å²) in [6, 6.07) is 5.76. The molecule has 2 aliphatic rings. The summed E-state index contributed by atoms with van der Waals surface area (Å²) in [7, 11) is 1.35. The van der Waals surface area contributed by atoms with Gasteiger partial charge in [-0.05, 0) is 37.6 Å². The van der Waals surface area contributed by atoms with E-state index in [2.05, 4.69) is 28.6 Å². The number of Topliss-reactive ketones (excluding diaryl/α,β-unsaturated/α-hetero) is 1. The average Bonchev–Trinajstić information content (AvgIpc) is 2.61. The summed E-state index contributed by atoms with van der Waals surface area (Å²) in [5, 5.41) is 0. The van der Waals surface area contributed by atoms with Crippen molar-refractivity contribution in [1.29, 1.82) is 0 Å². The Labute approximate surface area is 148 Å². The van der Waals surface area contributed by atoms with Crippen LogP contribution in [0.5, 0.6) is 0 Å². The number of nitrogens with zero attached hydrogens (tertiary/aromatic N) is 3. The fourth-order valence-corrected chi connectivity index (χ4v) is 3.34. The molecule has 0 aromatic heterocycles. The number of hydrogen-bond acceptors (Lipinski definition) is 6. The van der Waals surface area contributed by atoms with Gasteiger partial charge in [0, 0.05) is 45.2 Å². The quantitative estimate of drug-likeness (QED) is 0.779. The molecule has 1 aromatic carbocycles. The van der Waals surface area contributed by atoms with Crippen molar-refractivity contribution in [2.75, 3.05) is 39.8 Å². The van der Waals surface area contributed by atoms with Gasteiger partial charge in [0.2, 0.25) is 0 Å². The van der Waals surface area contributed by atoms with Crippen LogP contribution in [0.3, 0.4) is 0 Å². The van der Waals surface area contributed by atoms with Gasteiger partial charge in [-0.25, -0.2) is 9.79 Å². The minimum Gasteiger partial charge on any atom is -0.465 e. The molecule has 1 fully saturated rings. The molecule has 0 spiro atoms. The van der Waals surface area contributed by atoms with Crippen LogP contribution in [0.1, 0.15) is 29.8 Å². The number of methoxy groups -OCH3 is 1. The second-order valence-corrected chi connectivity index (χ2v) is 6.90. The van der Waals surface area contributed by atoms with Crippen molar-refractivity contribution in [2.24, 2.45) is 4.99 Å². The predicted molar refractivity (Wildman–Crippen MR) is 96.7 cm³/mol. The van der Waals surface area contributed by atoms with Gasteiger partial charge in [0.1, 0.15) is 0 Å². The summed E-state index contributed by atoms with van der Waals surface area (Å²) in [5.41, 5.74) is 2.65. The van der Waals surface area contributed by atoms with Crippen molar-refractivity contribution in [3.05, 3.63) is 29.3 Å². The second kappa shape index (κ2) is 7.45. The number of esters is 1. The Morgan fingerprint density at radius 3 is 2.60 bits per heavy atom. The number of carbonyl (C=O) groups excluding carboxylic acids is 2. The standard InChI is InChI=1S/C19H25N3O3/c1-13(2)22-8-6-21(7-9-22)12-17-18(23)11-15-10-14(19(24)25-3)4-5-16(15)20-17/h4-5,10,13H,6-9,11-12H2,1-3H3. The van der Waals surface area contributed by atoms with E-state index in [1.54, 1.807) is 18.2 Å². The smallest absolute Gasteiger partial charge is 0.337 e. The molecule has 1 aromatic rings. The van der Waals surface area contributed by atoms with Crippen LogP contribution in [0, 0.1) is 0 Å². The van der Waals surface area contributed by atoms with E-state index in [0.717, 1.165) is 37.4 Å². The molecule has 25 heavy (non-hydrogen) atoms. The largest absolute Gasteiger partial charge is 0.465 e. The molecule has 134 valence electrons. The molecule has 6 heteroatoms. The topological polar surface area (TPSA) is 62.2 Å². The highest BCUT2D eigenvalue weighted by Crippen LogP contribution is 2.26. The number of aliphatic imine (C=N–C) groups is 1.